The highest BCUT2D eigenvalue weighted by Crippen LogP contribution is 2.37. The van der Waals surface area contributed by atoms with Crippen molar-refractivity contribution >= 4 is 5.97 Å². The molecule has 2 nitrogen and oxygen atoms in total. The Bertz CT molecular complexity index is 453. The van der Waals surface area contributed by atoms with Crippen molar-refractivity contribution in [3.63, 3.8) is 0 Å². The fourth-order valence-electron chi connectivity index (χ4n) is 1.47. The normalized spacial score (nSPS) is 13.7. The van der Waals surface area contributed by atoms with Crippen molar-refractivity contribution < 1.29 is 31.9 Å². The lowest BCUT2D eigenvalue weighted by molar-refractivity contribution is -0.141. The van der Waals surface area contributed by atoms with Gasteiger partial charge in [-0.3, -0.25) is 4.79 Å². The van der Waals surface area contributed by atoms with Crippen LogP contribution in [-0.4, -0.2) is 11.1 Å². The summed E-state index contributed by atoms with van der Waals surface area (Å²) in [4.78, 5) is 10.7. The second-order valence-corrected chi connectivity index (χ2v) is 3.71. The molecule has 0 heterocycles. The Morgan fingerprint density at radius 1 is 1.28 bits per heavy atom. The van der Waals surface area contributed by atoms with Crippen LogP contribution in [0.5, 0.6) is 0 Å². The number of carbonyl (C=O) groups is 1. The van der Waals surface area contributed by atoms with Crippen molar-refractivity contribution in [3.05, 3.63) is 34.9 Å². The first-order valence-electron chi connectivity index (χ1n) is 4.86. The SMILES string of the molecule is CC(C(=O)O)c1ccc(C(F)F)cc1C(F)(F)F. The van der Waals surface area contributed by atoms with Crippen molar-refractivity contribution in [2.75, 3.05) is 0 Å². The van der Waals surface area contributed by atoms with Crippen molar-refractivity contribution in [2.45, 2.75) is 25.4 Å². The van der Waals surface area contributed by atoms with Gasteiger partial charge in [0.1, 0.15) is 0 Å². The van der Waals surface area contributed by atoms with Crippen LogP contribution in [0.25, 0.3) is 0 Å². The first-order chi connectivity index (χ1) is 8.14. The molecule has 0 radical (unpaired) electrons. The molecular weight excluding hydrogens is 259 g/mol. The lowest BCUT2D eigenvalue weighted by Crippen LogP contribution is -2.16. The summed E-state index contributed by atoms with van der Waals surface area (Å²) in [5, 5.41) is 8.69. The molecule has 0 aliphatic carbocycles. The van der Waals surface area contributed by atoms with Crippen LogP contribution in [0.2, 0.25) is 0 Å². The highest BCUT2D eigenvalue weighted by atomic mass is 19.4. The molecule has 1 rings (SSSR count). The molecule has 0 saturated heterocycles. The molecule has 1 N–H and O–H groups in total. The predicted molar refractivity (Wildman–Crippen MR) is 52.5 cm³/mol. The van der Waals surface area contributed by atoms with E-state index in [1.807, 2.05) is 0 Å². The maximum absolute atomic E-state index is 12.7. The van der Waals surface area contributed by atoms with Crippen LogP contribution in [-0.2, 0) is 11.0 Å². The lowest BCUT2D eigenvalue weighted by atomic mass is 9.93. The van der Waals surface area contributed by atoms with Gasteiger partial charge < -0.3 is 5.11 Å². The van der Waals surface area contributed by atoms with Gasteiger partial charge in [0.25, 0.3) is 6.43 Å². The molecule has 1 aromatic rings. The van der Waals surface area contributed by atoms with Crippen LogP contribution in [0, 0.1) is 0 Å². The van der Waals surface area contributed by atoms with E-state index in [0.29, 0.717) is 6.07 Å². The zero-order valence-corrected chi connectivity index (χ0v) is 9.13. The molecule has 0 saturated carbocycles. The highest BCUT2D eigenvalue weighted by molar-refractivity contribution is 5.76. The summed E-state index contributed by atoms with van der Waals surface area (Å²) < 4.78 is 62.7. The van der Waals surface area contributed by atoms with Crippen molar-refractivity contribution in [1.82, 2.24) is 0 Å². The number of hydrogen-bond acceptors (Lipinski definition) is 1. The largest absolute Gasteiger partial charge is 0.481 e. The number of carboxylic acid groups (broad SMARTS) is 1. The summed E-state index contributed by atoms with van der Waals surface area (Å²) in [6, 6.07) is 1.87. The van der Waals surface area contributed by atoms with E-state index in [4.69, 9.17) is 5.11 Å². The van der Waals surface area contributed by atoms with Gasteiger partial charge in [-0.05, 0) is 18.6 Å². The van der Waals surface area contributed by atoms with Crippen molar-refractivity contribution in [2.24, 2.45) is 0 Å². The monoisotopic (exact) mass is 268 g/mol. The highest BCUT2D eigenvalue weighted by Gasteiger charge is 2.36. The van der Waals surface area contributed by atoms with E-state index in [1.165, 1.54) is 0 Å². The average Bonchev–Trinajstić information content (AvgIpc) is 2.25. The number of halogens is 5. The molecule has 18 heavy (non-hydrogen) atoms. The van der Waals surface area contributed by atoms with Gasteiger partial charge in [0.15, 0.2) is 0 Å². The summed E-state index contributed by atoms with van der Waals surface area (Å²) in [7, 11) is 0. The van der Waals surface area contributed by atoms with E-state index in [-0.39, 0.29) is 0 Å². The zero-order valence-electron chi connectivity index (χ0n) is 9.13. The number of carboxylic acids is 1. The van der Waals surface area contributed by atoms with Crippen LogP contribution < -0.4 is 0 Å². The molecule has 0 spiro atoms. The van der Waals surface area contributed by atoms with Gasteiger partial charge in [-0.2, -0.15) is 13.2 Å². The molecule has 0 fully saturated rings. The van der Waals surface area contributed by atoms with Gasteiger partial charge >= 0.3 is 12.1 Å². The number of aliphatic carboxylic acids is 1. The van der Waals surface area contributed by atoms with Crippen LogP contribution >= 0.6 is 0 Å². The lowest BCUT2D eigenvalue weighted by Gasteiger charge is -2.16. The summed E-state index contributed by atoms with van der Waals surface area (Å²) in [5.74, 6) is -2.88. The zero-order chi connectivity index (χ0) is 14.1. The third kappa shape index (κ3) is 2.96. The van der Waals surface area contributed by atoms with E-state index in [9.17, 15) is 26.7 Å². The van der Waals surface area contributed by atoms with Crippen LogP contribution in [0.4, 0.5) is 22.0 Å². The molecule has 0 amide bonds. The molecule has 100 valence electrons. The number of rotatable bonds is 3. The van der Waals surface area contributed by atoms with Gasteiger partial charge in [0, 0.05) is 5.56 Å². The molecular formula is C11H9F5O2. The van der Waals surface area contributed by atoms with Crippen molar-refractivity contribution in [1.29, 1.82) is 0 Å². The summed E-state index contributed by atoms with van der Waals surface area (Å²) in [5.41, 5.74) is -2.65. The Kier molecular flexibility index (Phi) is 3.93. The Labute approximate surface area is 99.0 Å². The fourth-order valence-corrected chi connectivity index (χ4v) is 1.47. The third-order valence-electron chi connectivity index (χ3n) is 2.47. The minimum absolute atomic E-state index is 0.291. The quantitative estimate of drug-likeness (QED) is 0.846. The van der Waals surface area contributed by atoms with E-state index in [2.05, 4.69) is 0 Å². The molecule has 0 aliphatic rings. The van der Waals surface area contributed by atoms with Gasteiger partial charge in [-0.25, -0.2) is 8.78 Å². The Hall–Kier alpha value is -1.66. The number of alkyl halides is 5. The third-order valence-corrected chi connectivity index (χ3v) is 2.47. The minimum Gasteiger partial charge on any atom is -0.481 e. The predicted octanol–water partition coefficient (Wildman–Crippen LogP) is 3.83. The second-order valence-electron chi connectivity index (χ2n) is 3.71. The van der Waals surface area contributed by atoms with Crippen LogP contribution in [0.15, 0.2) is 18.2 Å². The topological polar surface area (TPSA) is 37.3 Å². The Balaban J connectivity index is 3.39. The van der Waals surface area contributed by atoms with E-state index in [0.717, 1.165) is 19.1 Å². The smallest absolute Gasteiger partial charge is 0.416 e. The molecule has 7 heteroatoms. The minimum atomic E-state index is -4.87. The van der Waals surface area contributed by atoms with Gasteiger partial charge in [0.2, 0.25) is 0 Å². The summed E-state index contributed by atoms with van der Waals surface area (Å²) >= 11 is 0. The van der Waals surface area contributed by atoms with Crippen molar-refractivity contribution in [3.8, 4) is 0 Å². The van der Waals surface area contributed by atoms with Gasteiger partial charge in [-0.15, -0.1) is 0 Å². The maximum Gasteiger partial charge on any atom is 0.416 e. The van der Waals surface area contributed by atoms with E-state index < -0.39 is 41.2 Å². The van der Waals surface area contributed by atoms with E-state index >= 15 is 0 Å². The van der Waals surface area contributed by atoms with Crippen LogP contribution in [0.3, 0.4) is 0 Å². The first-order valence-corrected chi connectivity index (χ1v) is 4.86. The summed E-state index contributed by atoms with van der Waals surface area (Å²) in [6.07, 6.45) is -7.91. The molecule has 0 aromatic heterocycles. The molecule has 0 bridgehead atoms. The molecule has 1 atom stereocenters. The van der Waals surface area contributed by atoms with Gasteiger partial charge in [0.05, 0.1) is 11.5 Å². The molecule has 1 aromatic carbocycles. The maximum atomic E-state index is 12.7. The second kappa shape index (κ2) is 4.91. The average molecular weight is 268 g/mol. The van der Waals surface area contributed by atoms with Crippen LogP contribution in [0.1, 0.15) is 36.0 Å². The number of hydrogen-bond donors (Lipinski definition) is 1. The molecule has 0 aliphatic heterocycles. The van der Waals surface area contributed by atoms with E-state index in [1.54, 1.807) is 0 Å². The number of benzene rings is 1. The first kappa shape index (κ1) is 14.4. The standard InChI is InChI=1S/C11H9F5O2/c1-5(10(17)18)7-3-2-6(9(12)13)4-8(7)11(14,15)16/h2-5,9H,1H3,(H,17,18). The Morgan fingerprint density at radius 3 is 2.22 bits per heavy atom. The summed E-state index contributed by atoms with van der Waals surface area (Å²) in [6.45, 7) is 1.06. The van der Waals surface area contributed by atoms with Gasteiger partial charge in [-0.1, -0.05) is 12.1 Å². The Morgan fingerprint density at radius 2 is 1.83 bits per heavy atom. The molecule has 1 unspecified atom stereocenters. The fraction of sp³-hybridized carbons (Fsp3) is 0.364.